The van der Waals surface area contributed by atoms with Gasteiger partial charge in [-0.05, 0) is 32.0 Å². The number of nitrogens with zero attached hydrogens (tertiary/aromatic N) is 5. The summed E-state index contributed by atoms with van der Waals surface area (Å²) in [5, 5.41) is 6.45. The maximum Gasteiger partial charge on any atom is 0.387 e. The molecule has 0 spiro atoms. The number of piperazine rings is 1. The van der Waals surface area contributed by atoms with Crippen LogP contribution in [-0.4, -0.2) is 73.8 Å². The van der Waals surface area contributed by atoms with E-state index in [0.717, 1.165) is 57.2 Å². The Kier molecular flexibility index (Phi) is 11.5. The summed E-state index contributed by atoms with van der Waals surface area (Å²) in [6, 6.07) is 6.98. The van der Waals surface area contributed by atoms with Crippen LogP contribution in [0.15, 0.2) is 41.7 Å². The fourth-order valence-electron chi connectivity index (χ4n) is 3.59. The smallest absolute Gasteiger partial charge is 0.387 e. The van der Waals surface area contributed by atoms with Crippen molar-refractivity contribution in [1.29, 1.82) is 0 Å². The van der Waals surface area contributed by atoms with Crippen LogP contribution in [0.4, 0.5) is 14.7 Å². The van der Waals surface area contributed by atoms with Gasteiger partial charge in [-0.15, -0.1) is 24.0 Å². The summed E-state index contributed by atoms with van der Waals surface area (Å²) in [5.41, 5.74) is 1.64. The van der Waals surface area contributed by atoms with Gasteiger partial charge in [0.15, 0.2) is 5.96 Å². The maximum atomic E-state index is 12.6. The fourth-order valence-corrected chi connectivity index (χ4v) is 3.59. The normalized spacial score (nSPS) is 14.7. The molecule has 1 fully saturated rings. The van der Waals surface area contributed by atoms with Gasteiger partial charge in [0, 0.05) is 64.3 Å². The van der Waals surface area contributed by atoms with Crippen molar-refractivity contribution < 1.29 is 13.5 Å². The number of aryl methyl sites for hydroxylation is 1. The number of alkyl halides is 2. The van der Waals surface area contributed by atoms with E-state index in [2.05, 4.69) is 40.1 Å². The monoisotopic (exact) mass is 575 g/mol. The SMILES string of the molecule is CN=C(NCCCN1CCN(c2ncccn2)CC1)NCc1cc(C)ccc1OC(F)F.I. The Morgan fingerprint density at radius 2 is 1.88 bits per heavy atom. The Labute approximate surface area is 210 Å². The van der Waals surface area contributed by atoms with E-state index in [1.165, 1.54) is 0 Å². The van der Waals surface area contributed by atoms with Crippen molar-refractivity contribution in [3.05, 3.63) is 47.8 Å². The van der Waals surface area contributed by atoms with Crippen LogP contribution in [0.5, 0.6) is 5.75 Å². The number of hydrogen-bond donors (Lipinski definition) is 2. The van der Waals surface area contributed by atoms with E-state index < -0.39 is 6.61 Å². The number of aromatic nitrogens is 2. The van der Waals surface area contributed by atoms with Crippen LogP contribution >= 0.6 is 24.0 Å². The highest BCUT2D eigenvalue weighted by Crippen LogP contribution is 2.22. The van der Waals surface area contributed by atoms with Crippen molar-refractivity contribution in [3.63, 3.8) is 0 Å². The van der Waals surface area contributed by atoms with Crippen molar-refractivity contribution in [3.8, 4) is 5.75 Å². The van der Waals surface area contributed by atoms with Crippen molar-refractivity contribution in [2.45, 2.75) is 26.5 Å². The molecule has 2 aromatic rings. The number of guanidine groups is 1. The van der Waals surface area contributed by atoms with Gasteiger partial charge in [0.25, 0.3) is 0 Å². The highest BCUT2D eigenvalue weighted by Gasteiger charge is 2.18. The minimum Gasteiger partial charge on any atom is -0.434 e. The molecule has 0 bridgehead atoms. The second kappa shape index (κ2) is 14.1. The number of rotatable bonds is 9. The lowest BCUT2D eigenvalue weighted by molar-refractivity contribution is -0.0504. The molecule has 11 heteroatoms. The van der Waals surface area contributed by atoms with E-state index in [1.54, 1.807) is 31.6 Å². The molecule has 2 N–H and O–H groups in total. The molecule has 0 aliphatic carbocycles. The third-order valence-corrected chi connectivity index (χ3v) is 5.25. The molecule has 0 amide bonds. The van der Waals surface area contributed by atoms with E-state index in [4.69, 9.17) is 0 Å². The zero-order valence-corrected chi connectivity index (χ0v) is 21.3. The Bertz CT molecular complexity index is 865. The first-order chi connectivity index (χ1) is 15.5. The topological polar surface area (TPSA) is 77.9 Å². The number of halogens is 3. The molecule has 1 aromatic heterocycles. The first kappa shape index (κ1) is 27.0. The van der Waals surface area contributed by atoms with E-state index in [0.29, 0.717) is 18.1 Å². The quantitative estimate of drug-likeness (QED) is 0.206. The second-order valence-electron chi connectivity index (χ2n) is 7.57. The number of nitrogens with one attached hydrogen (secondary N) is 2. The van der Waals surface area contributed by atoms with Gasteiger partial charge in [-0.2, -0.15) is 8.78 Å². The standard InChI is InChI=1S/C22H31F2N7O.HI/c1-17-5-6-19(32-20(23)24)18(15-17)16-29-21(25-2)26-9-4-10-30-11-13-31(14-12-30)22-27-7-3-8-28-22;/h3,5-8,15,20H,4,9-14,16H2,1-2H3,(H2,25,26,29);1H. The predicted molar refractivity (Wildman–Crippen MR) is 137 cm³/mol. The van der Waals surface area contributed by atoms with Gasteiger partial charge in [-0.1, -0.05) is 17.7 Å². The Balaban J connectivity index is 0.00000385. The van der Waals surface area contributed by atoms with Gasteiger partial charge >= 0.3 is 6.61 Å². The largest absolute Gasteiger partial charge is 0.434 e. The molecule has 0 atom stereocenters. The third kappa shape index (κ3) is 8.88. The van der Waals surface area contributed by atoms with Crippen molar-refractivity contribution >= 4 is 35.9 Å². The summed E-state index contributed by atoms with van der Waals surface area (Å²) < 4.78 is 29.9. The number of anilines is 1. The van der Waals surface area contributed by atoms with Crippen molar-refractivity contribution in [1.82, 2.24) is 25.5 Å². The summed E-state index contributed by atoms with van der Waals surface area (Å²) in [6.45, 7) is 4.93. The molecule has 1 aliphatic heterocycles. The second-order valence-corrected chi connectivity index (χ2v) is 7.57. The lowest BCUT2D eigenvalue weighted by Crippen LogP contribution is -2.47. The zero-order valence-electron chi connectivity index (χ0n) is 19.0. The molecule has 3 rings (SSSR count). The van der Waals surface area contributed by atoms with Gasteiger partial charge in [-0.25, -0.2) is 9.97 Å². The highest BCUT2D eigenvalue weighted by atomic mass is 127. The highest BCUT2D eigenvalue weighted by molar-refractivity contribution is 14.0. The average Bonchev–Trinajstić information content (AvgIpc) is 2.81. The summed E-state index contributed by atoms with van der Waals surface area (Å²) in [6.07, 6.45) is 4.51. The van der Waals surface area contributed by atoms with Crippen LogP contribution in [0.3, 0.4) is 0 Å². The molecule has 2 heterocycles. The first-order valence-corrected chi connectivity index (χ1v) is 10.8. The van der Waals surface area contributed by atoms with Gasteiger partial charge in [-0.3, -0.25) is 9.89 Å². The van der Waals surface area contributed by atoms with Crippen LogP contribution in [0.25, 0.3) is 0 Å². The molecule has 0 radical (unpaired) electrons. The molecule has 1 aromatic carbocycles. The zero-order chi connectivity index (χ0) is 22.8. The summed E-state index contributed by atoms with van der Waals surface area (Å²) in [4.78, 5) is 17.5. The molecule has 0 unspecified atom stereocenters. The van der Waals surface area contributed by atoms with Crippen molar-refractivity contribution in [2.75, 3.05) is 51.2 Å². The summed E-state index contributed by atoms with van der Waals surface area (Å²) in [5.74, 6) is 1.59. The minimum absolute atomic E-state index is 0. The number of hydrogen-bond acceptors (Lipinski definition) is 6. The summed E-state index contributed by atoms with van der Waals surface area (Å²) >= 11 is 0. The number of aliphatic imine (C=N–C) groups is 1. The lowest BCUT2D eigenvalue weighted by atomic mass is 10.1. The first-order valence-electron chi connectivity index (χ1n) is 10.8. The van der Waals surface area contributed by atoms with E-state index in [-0.39, 0.29) is 29.7 Å². The van der Waals surface area contributed by atoms with Crippen LogP contribution in [0.2, 0.25) is 0 Å². The molecule has 1 aliphatic rings. The van der Waals surface area contributed by atoms with Gasteiger partial charge < -0.3 is 20.3 Å². The Morgan fingerprint density at radius 3 is 2.55 bits per heavy atom. The van der Waals surface area contributed by atoms with Gasteiger partial charge in [0.05, 0.1) is 0 Å². The Morgan fingerprint density at radius 1 is 1.15 bits per heavy atom. The molecular weight excluding hydrogens is 543 g/mol. The maximum absolute atomic E-state index is 12.6. The fraction of sp³-hybridized carbons (Fsp3) is 0.500. The van der Waals surface area contributed by atoms with E-state index >= 15 is 0 Å². The van der Waals surface area contributed by atoms with Gasteiger partial charge in [0.1, 0.15) is 5.75 Å². The number of ether oxygens (including phenoxy) is 1. The minimum atomic E-state index is -2.85. The lowest BCUT2D eigenvalue weighted by Gasteiger charge is -2.34. The van der Waals surface area contributed by atoms with Crippen LogP contribution in [-0.2, 0) is 6.54 Å². The molecule has 182 valence electrons. The molecule has 33 heavy (non-hydrogen) atoms. The van der Waals surface area contributed by atoms with Crippen LogP contribution < -0.4 is 20.3 Å². The molecule has 8 nitrogen and oxygen atoms in total. The molecule has 0 saturated carbocycles. The average molecular weight is 575 g/mol. The summed E-state index contributed by atoms with van der Waals surface area (Å²) in [7, 11) is 1.69. The van der Waals surface area contributed by atoms with Gasteiger partial charge in [0.2, 0.25) is 5.95 Å². The number of benzene rings is 1. The van der Waals surface area contributed by atoms with E-state index in [1.807, 2.05) is 19.1 Å². The molecule has 1 saturated heterocycles. The Hall–Kier alpha value is -2.28. The van der Waals surface area contributed by atoms with Crippen LogP contribution in [0.1, 0.15) is 17.5 Å². The van der Waals surface area contributed by atoms with Crippen LogP contribution in [0, 0.1) is 6.92 Å². The molecular formula is C22H32F2IN7O. The van der Waals surface area contributed by atoms with E-state index in [9.17, 15) is 8.78 Å². The third-order valence-electron chi connectivity index (χ3n) is 5.25. The predicted octanol–water partition coefficient (Wildman–Crippen LogP) is 2.88. The van der Waals surface area contributed by atoms with Crippen molar-refractivity contribution in [2.24, 2.45) is 4.99 Å².